The van der Waals surface area contributed by atoms with Gasteiger partial charge in [0.25, 0.3) is 5.56 Å². The summed E-state index contributed by atoms with van der Waals surface area (Å²) in [6, 6.07) is 2.39. The molecule has 0 radical (unpaired) electrons. The molecule has 1 fully saturated rings. The van der Waals surface area contributed by atoms with Crippen molar-refractivity contribution in [2.24, 2.45) is 0 Å². The number of aromatic nitrogens is 2. The zero-order valence-corrected chi connectivity index (χ0v) is 18.5. The van der Waals surface area contributed by atoms with E-state index in [9.17, 15) is 14.9 Å². The zero-order chi connectivity index (χ0) is 20.5. The second-order valence-corrected chi connectivity index (χ2v) is 9.50. The van der Waals surface area contributed by atoms with Gasteiger partial charge in [-0.1, -0.05) is 31.0 Å². The lowest BCUT2D eigenvalue weighted by Crippen LogP contribution is -2.50. The van der Waals surface area contributed by atoms with E-state index in [0.717, 1.165) is 47.4 Å². The third-order valence-corrected chi connectivity index (χ3v) is 7.86. The smallest absolute Gasteiger partial charge is 0.263 e. The van der Waals surface area contributed by atoms with Crippen LogP contribution in [0.1, 0.15) is 49.5 Å². The molecule has 0 spiro atoms. The summed E-state index contributed by atoms with van der Waals surface area (Å²) in [4.78, 5) is 33.9. The van der Waals surface area contributed by atoms with Crippen LogP contribution in [0.2, 0.25) is 0 Å². The molecular formula is C20H26N4O2S2. The van der Waals surface area contributed by atoms with Gasteiger partial charge >= 0.3 is 0 Å². The van der Waals surface area contributed by atoms with E-state index >= 15 is 0 Å². The average Bonchev–Trinajstić information content (AvgIpc) is 2.99. The zero-order valence-electron chi connectivity index (χ0n) is 16.9. The van der Waals surface area contributed by atoms with E-state index in [0.29, 0.717) is 17.1 Å². The van der Waals surface area contributed by atoms with Crippen LogP contribution in [0.5, 0.6) is 0 Å². The molecule has 6 nitrogen and oxygen atoms in total. The van der Waals surface area contributed by atoms with Crippen LogP contribution in [0.15, 0.2) is 9.95 Å². The maximum atomic E-state index is 12.9. The van der Waals surface area contributed by atoms with Crippen molar-refractivity contribution in [2.45, 2.75) is 70.1 Å². The minimum Gasteiger partial charge on any atom is -0.326 e. The number of hydrogen-bond donors (Lipinski definition) is 0. The van der Waals surface area contributed by atoms with E-state index in [1.807, 2.05) is 20.8 Å². The van der Waals surface area contributed by atoms with Crippen molar-refractivity contribution in [3.63, 3.8) is 0 Å². The monoisotopic (exact) mass is 418 g/mol. The molecule has 0 saturated heterocycles. The molecule has 2 aromatic heterocycles. The summed E-state index contributed by atoms with van der Waals surface area (Å²) in [5.74, 6) is 0.0743. The second kappa shape index (κ2) is 8.26. The molecule has 150 valence electrons. The molecule has 0 unspecified atom stereocenters. The van der Waals surface area contributed by atoms with Gasteiger partial charge in [0.15, 0.2) is 5.16 Å². The molecule has 0 bridgehead atoms. The van der Waals surface area contributed by atoms with E-state index in [-0.39, 0.29) is 17.2 Å². The lowest BCUT2D eigenvalue weighted by Gasteiger charge is -2.39. The van der Waals surface area contributed by atoms with Crippen molar-refractivity contribution >= 4 is 39.2 Å². The van der Waals surface area contributed by atoms with Crippen LogP contribution in [0.4, 0.5) is 0 Å². The van der Waals surface area contributed by atoms with Crippen molar-refractivity contribution < 1.29 is 4.79 Å². The summed E-state index contributed by atoms with van der Waals surface area (Å²) in [6.45, 7) is 6.36. The summed E-state index contributed by atoms with van der Waals surface area (Å²) in [5.41, 5.74) is 0.249. The van der Waals surface area contributed by atoms with Gasteiger partial charge in [-0.3, -0.25) is 14.2 Å². The molecule has 0 aliphatic heterocycles. The summed E-state index contributed by atoms with van der Waals surface area (Å²) in [6.07, 6.45) is 4.53. The number of rotatable bonds is 5. The number of aryl methyl sites for hydroxylation is 2. The Morgan fingerprint density at radius 3 is 2.64 bits per heavy atom. The summed E-state index contributed by atoms with van der Waals surface area (Å²) in [5, 5.41) is 11.0. The first kappa shape index (κ1) is 20.9. The Morgan fingerprint density at radius 2 is 2.04 bits per heavy atom. The normalized spacial score (nSPS) is 16.1. The maximum Gasteiger partial charge on any atom is 0.263 e. The molecule has 2 aromatic rings. The van der Waals surface area contributed by atoms with Crippen LogP contribution in [-0.4, -0.2) is 38.7 Å². The van der Waals surface area contributed by atoms with Crippen LogP contribution in [0.25, 0.3) is 10.2 Å². The molecule has 1 aliphatic carbocycles. The van der Waals surface area contributed by atoms with Gasteiger partial charge in [-0.15, -0.1) is 11.3 Å². The van der Waals surface area contributed by atoms with Gasteiger partial charge in [-0.05, 0) is 39.2 Å². The largest absolute Gasteiger partial charge is 0.326 e. The van der Waals surface area contributed by atoms with Crippen LogP contribution in [0.3, 0.4) is 0 Å². The predicted molar refractivity (Wildman–Crippen MR) is 114 cm³/mol. The third kappa shape index (κ3) is 3.58. The predicted octanol–water partition coefficient (Wildman–Crippen LogP) is 3.87. The Morgan fingerprint density at radius 1 is 1.36 bits per heavy atom. The molecular weight excluding hydrogens is 392 g/mol. The molecule has 1 saturated carbocycles. The third-order valence-electron chi connectivity index (χ3n) is 5.80. The van der Waals surface area contributed by atoms with Gasteiger partial charge in [0.05, 0.1) is 17.2 Å². The molecule has 0 N–H and O–H groups in total. The van der Waals surface area contributed by atoms with Crippen LogP contribution in [-0.2, 0) is 11.3 Å². The van der Waals surface area contributed by atoms with Crippen LogP contribution >= 0.6 is 23.1 Å². The Balaban J connectivity index is 1.84. The molecule has 2 heterocycles. The highest BCUT2D eigenvalue weighted by atomic mass is 32.2. The fourth-order valence-electron chi connectivity index (χ4n) is 3.82. The minimum absolute atomic E-state index is 0.0431. The van der Waals surface area contributed by atoms with E-state index in [1.54, 1.807) is 16.5 Å². The number of hydrogen-bond acceptors (Lipinski definition) is 6. The average molecular weight is 419 g/mol. The molecule has 28 heavy (non-hydrogen) atoms. The lowest BCUT2D eigenvalue weighted by atomic mass is 9.81. The quantitative estimate of drug-likeness (QED) is 0.544. The summed E-state index contributed by atoms with van der Waals surface area (Å²) in [7, 11) is 1.73. The first-order chi connectivity index (χ1) is 13.3. The van der Waals surface area contributed by atoms with Crippen molar-refractivity contribution in [1.82, 2.24) is 14.5 Å². The number of carbonyl (C=O) groups is 1. The number of thioether (sulfide) groups is 1. The Bertz CT molecular complexity index is 996. The fraction of sp³-hybridized carbons (Fsp3) is 0.600. The number of nitrogens with zero attached hydrogens (tertiary/aromatic N) is 4. The van der Waals surface area contributed by atoms with E-state index in [2.05, 4.69) is 11.1 Å². The van der Waals surface area contributed by atoms with Gasteiger partial charge in [0.2, 0.25) is 5.91 Å². The first-order valence-electron chi connectivity index (χ1n) is 9.66. The van der Waals surface area contributed by atoms with Crippen LogP contribution < -0.4 is 5.56 Å². The number of amides is 1. The van der Waals surface area contributed by atoms with Crippen molar-refractivity contribution in [3.8, 4) is 6.07 Å². The van der Waals surface area contributed by atoms with Gasteiger partial charge in [0.1, 0.15) is 10.4 Å². The Kier molecular flexibility index (Phi) is 6.15. The van der Waals surface area contributed by atoms with E-state index in [1.165, 1.54) is 23.1 Å². The van der Waals surface area contributed by atoms with Gasteiger partial charge in [0, 0.05) is 18.5 Å². The van der Waals surface area contributed by atoms with E-state index < -0.39 is 5.54 Å². The minimum atomic E-state index is -0.695. The highest BCUT2D eigenvalue weighted by Crippen LogP contribution is 2.33. The number of fused-ring (bicyclic) bond motifs is 1. The number of carbonyl (C=O) groups excluding carboxylic acids is 1. The Hall–Kier alpha value is -1.85. The second-order valence-electron chi connectivity index (χ2n) is 7.35. The summed E-state index contributed by atoms with van der Waals surface area (Å²) >= 11 is 2.80. The molecule has 3 rings (SSSR count). The highest BCUT2D eigenvalue weighted by molar-refractivity contribution is 7.99. The fourth-order valence-corrected chi connectivity index (χ4v) is 5.87. The van der Waals surface area contributed by atoms with Crippen molar-refractivity contribution in [3.05, 3.63) is 20.8 Å². The maximum absolute atomic E-state index is 12.9. The highest BCUT2D eigenvalue weighted by Gasteiger charge is 2.38. The molecule has 8 heteroatoms. The Labute approximate surface area is 173 Å². The van der Waals surface area contributed by atoms with Gasteiger partial charge < -0.3 is 4.90 Å². The molecule has 1 aliphatic rings. The standard InChI is InChI=1S/C20H26N4O2S2/c1-5-24-18(26)16-13(2)14(3)28-17(16)22-19(24)27-11-15(25)23(4)20(12-21)9-7-6-8-10-20/h5-11H2,1-4H3. The number of thiophene rings is 1. The molecule has 0 atom stereocenters. The first-order valence-corrected chi connectivity index (χ1v) is 11.5. The molecule has 1 amide bonds. The molecule has 0 aromatic carbocycles. The lowest BCUT2D eigenvalue weighted by molar-refractivity contribution is -0.131. The number of nitriles is 1. The van der Waals surface area contributed by atoms with Gasteiger partial charge in [-0.2, -0.15) is 5.26 Å². The topological polar surface area (TPSA) is 79.0 Å². The van der Waals surface area contributed by atoms with Gasteiger partial charge in [-0.25, -0.2) is 4.98 Å². The van der Waals surface area contributed by atoms with E-state index in [4.69, 9.17) is 0 Å². The SMILES string of the molecule is CCn1c(SCC(=O)N(C)C2(C#N)CCCCC2)nc2sc(C)c(C)c2c1=O. The van der Waals surface area contributed by atoms with Crippen LogP contribution in [0, 0.1) is 25.2 Å². The summed E-state index contributed by atoms with van der Waals surface area (Å²) < 4.78 is 1.64. The van der Waals surface area contributed by atoms with Crippen molar-refractivity contribution in [1.29, 1.82) is 5.26 Å². The van der Waals surface area contributed by atoms with Crippen molar-refractivity contribution in [2.75, 3.05) is 12.8 Å².